The van der Waals surface area contributed by atoms with Gasteiger partial charge in [-0.25, -0.2) is 0 Å². The normalized spacial score (nSPS) is 29.9. The maximum Gasteiger partial charge on any atom is 0.0593 e. The van der Waals surface area contributed by atoms with Crippen LogP contribution in [0.2, 0.25) is 0 Å². The Kier molecular flexibility index (Phi) is 6.06. The third kappa shape index (κ3) is 4.64. The highest BCUT2D eigenvalue weighted by Crippen LogP contribution is 2.29. The molecule has 1 aliphatic carbocycles. The Morgan fingerprint density at radius 2 is 1.80 bits per heavy atom. The molecule has 2 saturated heterocycles. The van der Waals surface area contributed by atoms with Gasteiger partial charge in [-0.15, -0.1) is 0 Å². The molecule has 3 fully saturated rings. The van der Waals surface area contributed by atoms with Gasteiger partial charge in [0.1, 0.15) is 0 Å². The zero-order chi connectivity index (χ0) is 16.9. The van der Waals surface area contributed by atoms with Crippen LogP contribution < -0.4 is 0 Å². The molecule has 0 radical (unpaired) electrons. The predicted octanol–water partition coefficient (Wildman–Crippen LogP) is 3.79. The summed E-state index contributed by atoms with van der Waals surface area (Å²) in [5, 5.41) is 0. The van der Waals surface area contributed by atoms with E-state index in [4.69, 9.17) is 4.74 Å². The molecule has 1 saturated carbocycles. The minimum absolute atomic E-state index is 0.684. The van der Waals surface area contributed by atoms with Gasteiger partial charge in [0.25, 0.3) is 0 Å². The van der Waals surface area contributed by atoms with Crippen LogP contribution in [0, 0.1) is 11.8 Å². The highest BCUT2D eigenvalue weighted by molar-refractivity contribution is 5.14. The Hall–Kier alpha value is -0.900. The lowest BCUT2D eigenvalue weighted by Gasteiger charge is -2.43. The number of hydrogen-bond acceptors (Lipinski definition) is 3. The zero-order valence-corrected chi connectivity index (χ0v) is 15.6. The van der Waals surface area contributed by atoms with Crippen molar-refractivity contribution >= 4 is 0 Å². The Bertz CT molecular complexity index is 514. The molecule has 0 spiro atoms. The summed E-state index contributed by atoms with van der Waals surface area (Å²) in [6.07, 6.45) is 8.61. The van der Waals surface area contributed by atoms with E-state index in [2.05, 4.69) is 40.1 Å². The van der Waals surface area contributed by atoms with E-state index in [9.17, 15) is 0 Å². The molecular weight excluding hydrogens is 308 g/mol. The molecule has 3 heteroatoms. The van der Waals surface area contributed by atoms with Crippen molar-refractivity contribution < 1.29 is 4.74 Å². The molecule has 1 aromatic rings. The number of piperidine rings is 1. The van der Waals surface area contributed by atoms with Gasteiger partial charge in [-0.1, -0.05) is 49.6 Å². The SMILES string of the molecule is c1ccc(CN2CCOC[C@H]3CN(CC4CCCCC4)CC[C@H]32)cc1. The second-order valence-electron chi connectivity index (χ2n) is 8.41. The van der Waals surface area contributed by atoms with Gasteiger partial charge in [0.2, 0.25) is 0 Å². The highest BCUT2D eigenvalue weighted by atomic mass is 16.5. The Labute approximate surface area is 153 Å². The fourth-order valence-electron chi connectivity index (χ4n) is 5.24. The van der Waals surface area contributed by atoms with Crippen LogP contribution in [0.15, 0.2) is 30.3 Å². The van der Waals surface area contributed by atoms with Crippen LogP contribution in [-0.4, -0.2) is 55.2 Å². The molecule has 2 atom stereocenters. The monoisotopic (exact) mass is 342 g/mol. The van der Waals surface area contributed by atoms with Crippen molar-refractivity contribution in [2.45, 2.75) is 51.1 Å². The molecule has 0 amide bonds. The lowest BCUT2D eigenvalue weighted by molar-refractivity contribution is 0.0378. The van der Waals surface area contributed by atoms with Gasteiger partial charge in [0.05, 0.1) is 13.2 Å². The molecule has 0 unspecified atom stereocenters. The first-order valence-electron chi connectivity index (χ1n) is 10.5. The van der Waals surface area contributed by atoms with Gasteiger partial charge < -0.3 is 9.64 Å². The summed E-state index contributed by atoms with van der Waals surface area (Å²) in [4.78, 5) is 5.46. The number of likely N-dealkylation sites (tertiary alicyclic amines) is 1. The summed E-state index contributed by atoms with van der Waals surface area (Å²) in [7, 11) is 0. The largest absolute Gasteiger partial charge is 0.380 e. The molecule has 3 nitrogen and oxygen atoms in total. The Morgan fingerprint density at radius 1 is 0.960 bits per heavy atom. The standard InChI is InChI=1S/C22H34N2O/c1-3-7-19(8-4-1)15-23-12-11-22-21(17-23)18-25-14-13-24(22)16-20-9-5-2-6-10-20/h2,5-6,9-10,19,21-22H,1,3-4,7-8,11-18H2/t21-,22-/m1/s1. The molecule has 1 aromatic carbocycles. The van der Waals surface area contributed by atoms with Crippen molar-refractivity contribution in [3.63, 3.8) is 0 Å². The van der Waals surface area contributed by atoms with Crippen LogP contribution in [0.1, 0.15) is 44.1 Å². The lowest BCUT2D eigenvalue weighted by atomic mass is 9.86. The van der Waals surface area contributed by atoms with Gasteiger partial charge >= 0.3 is 0 Å². The maximum atomic E-state index is 6.00. The van der Waals surface area contributed by atoms with E-state index in [0.29, 0.717) is 12.0 Å². The van der Waals surface area contributed by atoms with E-state index < -0.39 is 0 Å². The fourth-order valence-corrected chi connectivity index (χ4v) is 5.24. The van der Waals surface area contributed by atoms with Crippen molar-refractivity contribution in [1.29, 1.82) is 0 Å². The molecule has 4 rings (SSSR count). The lowest BCUT2D eigenvalue weighted by Crippen LogP contribution is -2.52. The van der Waals surface area contributed by atoms with Crippen molar-refractivity contribution in [3.05, 3.63) is 35.9 Å². The molecule has 2 heterocycles. The molecule has 138 valence electrons. The Morgan fingerprint density at radius 3 is 2.64 bits per heavy atom. The van der Waals surface area contributed by atoms with Crippen molar-refractivity contribution in [3.8, 4) is 0 Å². The molecule has 25 heavy (non-hydrogen) atoms. The minimum atomic E-state index is 0.684. The van der Waals surface area contributed by atoms with E-state index in [-0.39, 0.29) is 0 Å². The van der Waals surface area contributed by atoms with Gasteiger partial charge in [-0.2, -0.15) is 0 Å². The van der Waals surface area contributed by atoms with E-state index in [1.165, 1.54) is 63.7 Å². The number of fused-ring (bicyclic) bond motifs is 1. The third-order valence-corrected chi connectivity index (χ3v) is 6.57. The molecule has 0 bridgehead atoms. The molecule has 3 aliphatic rings. The number of ether oxygens (including phenoxy) is 1. The third-order valence-electron chi connectivity index (χ3n) is 6.57. The van der Waals surface area contributed by atoms with Crippen LogP contribution in [0.3, 0.4) is 0 Å². The smallest absolute Gasteiger partial charge is 0.0593 e. The summed E-state index contributed by atoms with van der Waals surface area (Å²) >= 11 is 0. The first-order valence-corrected chi connectivity index (χ1v) is 10.5. The van der Waals surface area contributed by atoms with Gasteiger partial charge in [0, 0.05) is 38.1 Å². The van der Waals surface area contributed by atoms with Gasteiger partial charge in [0.15, 0.2) is 0 Å². The van der Waals surface area contributed by atoms with Crippen LogP contribution in [0.4, 0.5) is 0 Å². The summed E-state index contributed by atoms with van der Waals surface area (Å²) in [5.74, 6) is 1.64. The van der Waals surface area contributed by atoms with Crippen molar-refractivity contribution in [1.82, 2.24) is 9.80 Å². The minimum Gasteiger partial charge on any atom is -0.380 e. The first-order chi connectivity index (χ1) is 12.4. The summed E-state index contributed by atoms with van der Waals surface area (Å²) in [6, 6.07) is 11.7. The van der Waals surface area contributed by atoms with Crippen LogP contribution in [0.5, 0.6) is 0 Å². The second kappa shape index (κ2) is 8.66. The molecule has 2 aliphatic heterocycles. The van der Waals surface area contributed by atoms with Crippen LogP contribution >= 0.6 is 0 Å². The van der Waals surface area contributed by atoms with E-state index in [1.807, 2.05) is 0 Å². The topological polar surface area (TPSA) is 15.7 Å². The summed E-state index contributed by atoms with van der Waals surface area (Å²) < 4.78 is 6.00. The molecular formula is C22H34N2O. The summed E-state index contributed by atoms with van der Waals surface area (Å²) in [6.45, 7) is 7.86. The average Bonchev–Trinajstić information content (AvgIpc) is 2.85. The first kappa shape index (κ1) is 17.5. The molecule has 0 N–H and O–H groups in total. The highest BCUT2D eigenvalue weighted by Gasteiger charge is 2.35. The quantitative estimate of drug-likeness (QED) is 0.828. The maximum absolute atomic E-state index is 6.00. The number of benzene rings is 1. The van der Waals surface area contributed by atoms with Gasteiger partial charge in [-0.05, 0) is 37.3 Å². The van der Waals surface area contributed by atoms with Crippen molar-refractivity contribution in [2.24, 2.45) is 11.8 Å². The average molecular weight is 343 g/mol. The zero-order valence-electron chi connectivity index (χ0n) is 15.6. The molecule has 0 aromatic heterocycles. The van der Waals surface area contributed by atoms with Crippen LogP contribution in [0.25, 0.3) is 0 Å². The van der Waals surface area contributed by atoms with E-state index in [0.717, 1.165) is 32.2 Å². The number of nitrogens with zero attached hydrogens (tertiary/aromatic N) is 2. The van der Waals surface area contributed by atoms with E-state index in [1.54, 1.807) is 0 Å². The number of hydrogen-bond donors (Lipinski definition) is 0. The van der Waals surface area contributed by atoms with E-state index >= 15 is 0 Å². The van der Waals surface area contributed by atoms with Gasteiger partial charge in [-0.3, -0.25) is 4.90 Å². The Balaban J connectivity index is 1.36. The van der Waals surface area contributed by atoms with Crippen LogP contribution in [-0.2, 0) is 11.3 Å². The number of rotatable bonds is 4. The predicted molar refractivity (Wildman–Crippen MR) is 103 cm³/mol. The second-order valence-corrected chi connectivity index (χ2v) is 8.41. The fraction of sp³-hybridized carbons (Fsp3) is 0.727. The summed E-state index contributed by atoms with van der Waals surface area (Å²) in [5.41, 5.74) is 1.44. The van der Waals surface area contributed by atoms with Crippen molar-refractivity contribution in [2.75, 3.05) is 39.4 Å².